The van der Waals surface area contributed by atoms with E-state index < -0.39 is 36.2 Å². The van der Waals surface area contributed by atoms with Gasteiger partial charge in [0.05, 0.1) is 0 Å². The molecule has 0 aromatic carbocycles. The molecule has 0 aromatic heterocycles. The van der Waals surface area contributed by atoms with Crippen LogP contribution in [0.5, 0.6) is 0 Å². The fraction of sp³-hybridized carbons (Fsp3) is 1.00. The van der Waals surface area contributed by atoms with E-state index in [4.69, 9.17) is 0 Å². The van der Waals surface area contributed by atoms with E-state index in [1.165, 1.54) is 6.92 Å². The minimum atomic E-state index is -4.73. The lowest BCUT2D eigenvalue weighted by Crippen LogP contribution is -2.44. The van der Waals surface area contributed by atoms with Gasteiger partial charge in [0, 0.05) is 6.42 Å². The molecule has 0 amide bonds. The second-order valence-corrected chi connectivity index (χ2v) is 4.40. The first-order valence-corrected chi connectivity index (χ1v) is 5.16. The quantitative estimate of drug-likeness (QED) is 0.719. The molecule has 1 N–H and O–H groups in total. The zero-order chi connectivity index (χ0) is 11.9. The Balaban J connectivity index is 2.95. The molecular formula is C10H16F4O. The largest absolute Gasteiger partial charge is 0.417 e. The van der Waals surface area contributed by atoms with Crippen molar-refractivity contribution in [3.05, 3.63) is 0 Å². The highest BCUT2D eigenvalue weighted by Gasteiger charge is 2.64. The number of aliphatic hydroxyl groups is 1. The molecule has 0 saturated heterocycles. The molecule has 0 radical (unpaired) electrons. The molecule has 15 heavy (non-hydrogen) atoms. The summed E-state index contributed by atoms with van der Waals surface area (Å²) in [7, 11) is 0. The van der Waals surface area contributed by atoms with E-state index in [9.17, 15) is 22.7 Å². The summed E-state index contributed by atoms with van der Waals surface area (Å²) >= 11 is 0. The van der Waals surface area contributed by atoms with Gasteiger partial charge in [-0.25, -0.2) is 4.39 Å². The number of rotatable bonds is 2. The molecular weight excluding hydrogens is 212 g/mol. The molecule has 1 nitrogen and oxygen atoms in total. The molecule has 0 aromatic rings. The molecule has 1 aliphatic carbocycles. The van der Waals surface area contributed by atoms with Crippen molar-refractivity contribution in [3.63, 3.8) is 0 Å². The van der Waals surface area contributed by atoms with Gasteiger partial charge < -0.3 is 5.11 Å². The van der Waals surface area contributed by atoms with Crippen LogP contribution in [0.3, 0.4) is 0 Å². The van der Waals surface area contributed by atoms with Crippen molar-refractivity contribution in [3.8, 4) is 0 Å². The minimum absolute atomic E-state index is 0.0178. The van der Waals surface area contributed by atoms with Gasteiger partial charge in [0.2, 0.25) is 0 Å². The summed E-state index contributed by atoms with van der Waals surface area (Å²) in [4.78, 5) is 0. The Kier molecular flexibility index (Phi) is 3.07. The van der Waals surface area contributed by atoms with Crippen molar-refractivity contribution >= 4 is 0 Å². The first-order valence-electron chi connectivity index (χ1n) is 5.16. The third-order valence-corrected chi connectivity index (χ3v) is 3.51. The fourth-order valence-electron chi connectivity index (χ4n) is 2.43. The Hall–Kier alpha value is -0.320. The van der Waals surface area contributed by atoms with Gasteiger partial charge >= 0.3 is 6.18 Å². The van der Waals surface area contributed by atoms with Gasteiger partial charge in [-0.3, -0.25) is 0 Å². The van der Waals surface area contributed by atoms with E-state index >= 15 is 0 Å². The summed E-state index contributed by atoms with van der Waals surface area (Å²) in [5.41, 5.74) is -4.71. The Morgan fingerprint density at radius 2 is 1.87 bits per heavy atom. The average Bonchev–Trinajstić information content (AvgIpc) is 2.39. The summed E-state index contributed by atoms with van der Waals surface area (Å²) < 4.78 is 51.6. The van der Waals surface area contributed by atoms with Gasteiger partial charge in [0.1, 0.15) is 5.67 Å². The Labute approximate surface area is 86.5 Å². The lowest BCUT2D eigenvalue weighted by molar-refractivity contribution is -0.260. The Bertz CT molecular complexity index is 240. The van der Waals surface area contributed by atoms with E-state index in [1.54, 1.807) is 6.92 Å². The third kappa shape index (κ3) is 1.98. The fourth-order valence-corrected chi connectivity index (χ4v) is 2.43. The number of alkyl halides is 4. The number of hydrogen-bond donors (Lipinski definition) is 1. The van der Waals surface area contributed by atoms with Crippen LogP contribution in [0.25, 0.3) is 0 Å². The zero-order valence-electron chi connectivity index (χ0n) is 8.86. The summed E-state index contributed by atoms with van der Waals surface area (Å²) in [6.45, 7) is 3.17. The lowest BCUT2D eigenvalue weighted by Gasteiger charge is -2.27. The molecule has 5 heteroatoms. The van der Waals surface area contributed by atoms with Gasteiger partial charge in [-0.1, -0.05) is 20.3 Å². The number of hydrogen-bond acceptors (Lipinski definition) is 1. The zero-order valence-corrected chi connectivity index (χ0v) is 8.86. The first kappa shape index (κ1) is 12.7. The van der Waals surface area contributed by atoms with Crippen molar-refractivity contribution in [1.29, 1.82) is 0 Å². The van der Waals surface area contributed by atoms with Crippen LogP contribution >= 0.6 is 0 Å². The molecule has 3 atom stereocenters. The molecule has 1 rings (SSSR count). The maximum absolute atomic E-state index is 14.1. The van der Waals surface area contributed by atoms with Crippen LogP contribution in [0.2, 0.25) is 0 Å². The molecule has 3 unspecified atom stereocenters. The lowest BCUT2D eigenvalue weighted by atomic mass is 9.88. The molecule has 0 bridgehead atoms. The summed E-state index contributed by atoms with van der Waals surface area (Å²) in [5, 5.41) is 9.43. The maximum atomic E-state index is 14.1. The summed E-state index contributed by atoms with van der Waals surface area (Å²) in [6, 6.07) is 0. The van der Waals surface area contributed by atoms with Crippen LogP contribution in [0.1, 0.15) is 39.5 Å². The minimum Gasteiger partial charge on any atom is -0.380 e. The highest BCUT2D eigenvalue weighted by molar-refractivity contribution is 5.06. The first-order chi connectivity index (χ1) is 6.68. The standard InChI is InChI=1S/C10H16F4O/c1-3-7-5-9(15,10(12,13)14)6-8(7,11)4-2/h7,15H,3-6H2,1-2H3. The molecule has 1 saturated carbocycles. The summed E-state index contributed by atoms with van der Waals surface area (Å²) in [6.07, 6.45) is -5.73. The Morgan fingerprint density at radius 1 is 1.33 bits per heavy atom. The predicted octanol–water partition coefficient (Wildman–Crippen LogP) is 3.22. The molecule has 0 aliphatic heterocycles. The number of halogens is 4. The average molecular weight is 228 g/mol. The molecule has 0 heterocycles. The monoisotopic (exact) mass is 228 g/mol. The summed E-state index contributed by atoms with van der Waals surface area (Å²) in [5.74, 6) is -0.700. The van der Waals surface area contributed by atoms with Gasteiger partial charge in [-0.05, 0) is 18.8 Å². The molecule has 1 fully saturated rings. The van der Waals surface area contributed by atoms with Crippen LogP contribution in [0.4, 0.5) is 17.6 Å². The van der Waals surface area contributed by atoms with Gasteiger partial charge in [0.25, 0.3) is 0 Å². The van der Waals surface area contributed by atoms with Crippen LogP contribution in [0, 0.1) is 5.92 Å². The van der Waals surface area contributed by atoms with Crippen molar-refractivity contribution in [1.82, 2.24) is 0 Å². The van der Waals surface area contributed by atoms with Crippen molar-refractivity contribution in [2.75, 3.05) is 0 Å². The topological polar surface area (TPSA) is 20.2 Å². The Morgan fingerprint density at radius 3 is 2.13 bits per heavy atom. The van der Waals surface area contributed by atoms with E-state index in [1.807, 2.05) is 0 Å². The second kappa shape index (κ2) is 3.61. The van der Waals surface area contributed by atoms with E-state index in [0.717, 1.165) is 0 Å². The van der Waals surface area contributed by atoms with Crippen molar-refractivity contribution < 1.29 is 22.7 Å². The van der Waals surface area contributed by atoms with E-state index in [0.29, 0.717) is 6.42 Å². The predicted molar refractivity (Wildman–Crippen MR) is 48.1 cm³/mol. The van der Waals surface area contributed by atoms with Gasteiger partial charge in [-0.2, -0.15) is 13.2 Å². The highest BCUT2D eigenvalue weighted by atomic mass is 19.4. The smallest absolute Gasteiger partial charge is 0.380 e. The SMILES string of the molecule is CCC1CC(O)(C(F)(F)F)CC1(F)CC. The van der Waals surface area contributed by atoms with Gasteiger partial charge in [0.15, 0.2) is 5.60 Å². The molecule has 0 spiro atoms. The van der Waals surface area contributed by atoms with E-state index in [-0.39, 0.29) is 6.42 Å². The maximum Gasteiger partial charge on any atom is 0.417 e. The van der Waals surface area contributed by atoms with Crippen LogP contribution in [-0.4, -0.2) is 22.6 Å². The van der Waals surface area contributed by atoms with Crippen LogP contribution in [0.15, 0.2) is 0 Å². The normalized spacial score (nSPS) is 42.2. The molecule has 1 aliphatic rings. The van der Waals surface area contributed by atoms with Crippen LogP contribution < -0.4 is 0 Å². The third-order valence-electron chi connectivity index (χ3n) is 3.51. The van der Waals surface area contributed by atoms with E-state index in [2.05, 4.69) is 0 Å². The van der Waals surface area contributed by atoms with Crippen molar-refractivity contribution in [2.24, 2.45) is 5.92 Å². The second-order valence-electron chi connectivity index (χ2n) is 4.40. The highest BCUT2D eigenvalue weighted by Crippen LogP contribution is 2.54. The van der Waals surface area contributed by atoms with Crippen LogP contribution in [-0.2, 0) is 0 Å². The van der Waals surface area contributed by atoms with Crippen molar-refractivity contribution in [2.45, 2.75) is 57.0 Å². The molecule has 90 valence electrons. The van der Waals surface area contributed by atoms with Gasteiger partial charge in [-0.15, -0.1) is 0 Å².